The topological polar surface area (TPSA) is 70.7 Å². The molecule has 0 radical (unpaired) electrons. The molecule has 0 aliphatic heterocycles. The van der Waals surface area contributed by atoms with Crippen LogP contribution in [0.3, 0.4) is 0 Å². The van der Waals surface area contributed by atoms with E-state index in [-0.39, 0.29) is 5.91 Å². The summed E-state index contributed by atoms with van der Waals surface area (Å²) < 4.78 is 1.18. The second-order valence-corrected chi connectivity index (χ2v) is 3.94. The summed E-state index contributed by atoms with van der Waals surface area (Å²) in [6.07, 6.45) is 4.80. The molecule has 14 heavy (non-hydrogen) atoms. The van der Waals surface area contributed by atoms with Crippen LogP contribution < -0.4 is 5.32 Å². The van der Waals surface area contributed by atoms with Gasteiger partial charge < -0.3 is 5.32 Å². The van der Waals surface area contributed by atoms with Crippen molar-refractivity contribution in [1.82, 2.24) is 20.7 Å². The fourth-order valence-electron chi connectivity index (χ4n) is 1.000. The maximum Gasteiger partial charge on any atom is 0.273 e. The average molecular weight is 308 g/mol. The van der Waals surface area contributed by atoms with E-state index in [0.717, 1.165) is 12.8 Å². The maximum absolute atomic E-state index is 11.3. The normalized spacial score (nSPS) is 10.1. The monoisotopic (exact) mass is 308 g/mol. The van der Waals surface area contributed by atoms with Gasteiger partial charge in [0.1, 0.15) is 0 Å². The third kappa shape index (κ3) is 4.03. The van der Waals surface area contributed by atoms with E-state index in [1.165, 1.54) is 17.0 Å². The third-order valence-electron chi connectivity index (χ3n) is 1.74. The van der Waals surface area contributed by atoms with Crippen molar-refractivity contribution in [3.8, 4) is 0 Å². The van der Waals surface area contributed by atoms with Crippen molar-refractivity contribution in [2.24, 2.45) is 0 Å². The summed E-state index contributed by atoms with van der Waals surface area (Å²) in [5, 5.41) is 12.4. The van der Waals surface area contributed by atoms with Crippen LogP contribution >= 0.6 is 22.6 Å². The molecule has 1 rings (SSSR count). The zero-order valence-corrected chi connectivity index (χ0v) is 9.95. The largest absolute Gasteiger partial charge is 0.351 e. The molecule has 0 saturated carbocycles. The van der Waals surface area contributed by atoms with E-state index in [1.54, 1.807) is 0 Å². The number of aromatic amines is 1. The van der Waals surface area contributed by atoms with Crippen molar-refractivity contribution in [2.75, 3.05) is 11.0 Å². The standard InChI is InChI=1S/C8H13IN4O/c9-4-2-1-3-5-10-8(14)7-6-11-13-12-7/h6H,1-5H2,(H,10,14)(H,11,12,13). The first kappa shape index (κ1) is 11.4. The number of hydrogen-bond donors (Lipinski definition) is 2. The van der Waals surface area contributed by atoms with Gasteiger partial charge in [0.25, 0.3) is 5.91 Å². The molecule has 0 bridgehead atoms. The van der Waals surface area contributed by atoms with Crippen LogP contribution in [0.4, 0.5) is 0 Å². The smallest absolute Gasteiger partial charge is 0.273 e. The molecule has 1 aromatic rings. The van der Waals surface area contributed by atoms with Crippen LogP contribution in [0, 0.1) is 0 Å². The van der Waals surface area contributed by atoms with Gasteiger partial charge in [-0.1, -0.05) is 29.0 Å². The van der Waals surface area contributed by atoms with E-state index in [1.807, 2.05) is 0 Å². The van der Waals surface area contributed by atoms with Gasteiger partial charge in [-0.25, -0.2) is 0 Å². The Balaban J connectivity index is 2.10. The fourth-order valence-corrected chi connectivity index (χ4v) is 1.54. The minimum absolute atomic E-state index is 0.159. The second-order valence-electron chi connectivity index (χ2n) is 2.86. The van der Waals surface area contributed by atoms with E-state index < -0.39 is 0 Å². The maximum atomic E-state index is 11.3. The molecule has 6 heteroatoms. The number of H-pyrrole nitrogens is 1. The summed E-state index contributed by atoms with van der Waals surface area (Å²) >= 11 is 2.35. The van der Waals surface area contributed by atoms with Crippen LogP contribution in [-0.4, -0.2) is 32.3 Å². The third-order valence-corrected chi connectivity index (χ3v) is 2.51. The number of unbranched alkanes of at least 4 members (excludes halogenated alkanes) is 2. The van der Waals surface area contributed by atoms with Crippen molar-refractivity contribution in [2.45, 2.75) is 19.3 Å². The number of amides is 1. The highest BCUT2D eigenvalue weighted by Gasteiger charge is 2.06. The Morgan fingerprint density at radius 3 is 3.00 bits per heavy atom. The lowest BCUT2D eigenvalue weighted by molar-refractivity contribution is 0.0948. The first-order valence-electron chi connectivity index (χ1n) is 4.54. The Hall–Kier alpha value is -0.660. The predicted octanol–water partition coefficient (Wildman–Crippen LogP) is 1.14. The number of aromatic nitrogens is 3. The van der Waals surface area contributed by atoms with E-state index >= 15 is 0 Å². The van der Waals surface area contributed by atoms with Gasteiger partial charge in [0, 0.05) is 6.54 Å². The molecule has 0 spiro atoms. The van der Waals surface area contributed by atoms with Gasteiger partial charge >= 0.3 is 0 Å². The predicted molar refractivity (Wildman–Crippen MR) is 61.5 cm³/mol. The molecule has 0 saturated heterocycles. The summed E-state index contributed by atoms with van der Waals surface area (Å²) in [6, 6.07) is 0. The van der Waals surface area contributed by atoms with Crippen molar-refractivity contribution < 1.29 is 4.79 Å². The lowest BCUT2D eigenvalue weighted by atomic mass is 10.2. The quantitative estimate of drug-likeness (QED) is 0.470. The number of nitrogens with one attached hydrogen (secondary N) is 2. The van der Waals surface area contributed by atoms with Crippen molar-refractivity contribution >= 4 is 28.5 Å². The van der Waals surface area contributed by atoms with Crippen molar-refractivity contribution in [1.29, 1.82) is 0 Å². The highest BCUT2D eigenvalue weighted by molar-refractivity contribution is 14.1. The molecule has 0 aliphatic carbocycles. The van der Waals surface area contributed by atoms with E-state index in [4.69, 9.17) is 0 Å². The molecule has 5 nitrogen and oxygen atoms in total. The number of rotatable bonds is 6. The summed E-state index contributed by atoms with van der Waals surface area (Å²) in [5.41, 5.74) is 0.346. The van der Waals surface area contributed by atoms with Gasteiger partial charge in [-0.2, -0.15) is 15.4 Å². The summed E-state index contributed by atoms with van der Waals surface area (Å²) in [6.45, 7) is 0.711. The van der Waals surface area contributed by atoms with Gasteiger partial charge in [-0.3, -0.25) is 4.79 Å². The molecule has 0 aromatic carbocycles. The molecular formula is C8H13IN4O. The zero-order valence-electron chi connectivity index (χ0n) is 7.79. The first-order valence-corrected chi connectivity index (χ1v) is 6.07. The van der Waals surface area contributed by atoms with Gasteiger partial charge in [0.05, 0.1) is 6.20 Å². The van der Waals surface area contributed by atoms with E-state index in [0.29, 0.717) is 12.2 Å². The molecule has 1 heterocycles. The summed E-state index contributed by atoms with van der Waals surface area (Å²) in [5.74, 6) is -0.159. The number of carbonyl (C=O) groups excluding carboxylic acids is 1. The number of nitrogens with zero attached hydrogens (tertiary/aromatic N) is 2. The summed E-state index contributed by atoms with van der Waals surface area (Å²) in [7, 11) is 0. The Morgan fingerprint density at radius 1 is 1.50 bits per heavy atom. The zero-order chi connectivity index (χ0) is 10.2. The lowest BCUT2D eigenvalue weighted by Gasteiger charge is -2.01. The Morgan fingerprint density at radius 2 is 2.36 bits per heavy atom. The first-order chi connectivity index (χ1) is 6.84. The fraction of sp³-hybridized carbons (Fsp3) is 0.625. The highest BCUT2D eigenvalue weighted by Crippen LogP contribution is 1.97. The molecule has 0 unspecified atom stereocenters. The number of alkyl halides is 1. The van der Waals surface area contributed by atoms with Crippen LogP contribution in [-0.2, 0) is 0 Å². The van der Waals surface area contributed by atoms with Crippen molar-refractivity contribution in [3.63, 3.8) is 0 Å². The molecule has 1 aromatic heterocycles. The van der Waals surface area contributed by atoms with E-state index in [2.05, 4.69) is 43.3 Å². The molecule has 0 fully saturated rings. The Kier molecular flexibility index (Phi) is 5.50. The summed E-state index contributed by atoms with van der Waals surface area (Å²) in [4.78, 5) is 11.3. The average Bonchev–Trinajstić information content (AvgIpc) is 2.70. The van der Waals surface area contributed by atoms with E-state index in [9.17, 15) is 4.79 Å². The molecule has 2 N–H and O–H groups in total. The molecule has 0 aliphatic rings. The van der Waals surface area contributed by atoms with Gasteiger partial charge in [-0.05, 0) is 17.3 Å². The van der Waals surface area contributed by atoms with Gasteiger partial charge in [0.2, 0.25) is 0 Å². The minimum Gasteiger partial charge on any atom is -0.351 e. The number of carbonyl (C=O) groups is 1. The Labute approximate surface area is 96.2 Å². The molecular weight excluding hydrogens is 295 g/mol. The van der Waals surface area contributed by atoms with Crippen LogP contribution in [0.1, 0.15) is 29.8 Å². The molecule has 0 atom stereocenters. The SMILES string of the molecule is O=C(NCCCCCI)c1cn[nH]n1. The van der Waals surface area contributed by atoms with Crippen LogP contribution in [0.5, 0.6) is 0 Å². The second kappa shape index (κ2) is 6.74. The molecule has 78 valence electrons. The van der Waals surface area contributed by atoms with Crippen molar-refractivity contribution in [3.05, 3.63) is 11.9 Å². The number of hydrogen-bond acceptors (Lipinski definition) is 3. The lowest BCUT2D eigenvalue weighted by Crippen LogP contribution is -2.24. The number of halogens is 1. The van der Waals surface area contributed by atoms with Crippen LogP contribution in [0.2, 0.25) is 0 Å². The highest BCUT2D eigenvalue weighted by atomic mass is 127. The Bertz CT molecular complexity index is 262. The minimum atomic E-state index is -0.159. The van der Waals surface area contributed by atoms with Gasteiger partial charge in [-0.15, -0.1) is 0 Å². The molecule has 1 amide bonds. The van der Waals surface area contributed by atoms with Crippen LogP contribution in [0.25, 0.3) is 0 Å². The van der Waals surface area contributed by atoms with Crippen LogP contribution in [0.15, 0.2) is 6.20 Å². The van der Waals surface area contributed by atoms with Gasteiger partial charge in [0.15, 0.2) is 5.69 Å².